The number of piperidine rings is 1. The van der Waals surface area contributed by atoms with Crippen LogP contribution in [0.2, 0.25) is 0 Å². The van der Waals surface area contributed by atoms with Crippen LogP contribution in [-0.4, -0.2) is 55.9 Å². The minimum absolute atomic E-state index is 0.0135. The highest BCUT2D eigenvalue weighted by molar-refractivity contribution is 5.81. The summed E-state index contributed by atoms with van der Waals surface area (Å²) >= 11 is 0. The molecule has 0 aromatic carbocycles. The lowest BCUT2D eigenvalue weighted by Crippen LogP contribution is -2.43. The van der Waals surface area contributed by atoms with Crippen LogP contribution in [0.3, 0.4) is 0 Å². The van der Waals surface area contributed by atoms with Gasteiger partial charge < -0.3 is 20.1 Å². The lowest BCUT2D eigenvalue weighted by molar-refractivity contribution is -0.136. The summed E-state index contributed by atoms with van der Waals surface area (Å²) in [5.74, 6) is 0.211. The predicted molar refractivity (Wildman–Crippen MR) is 77.3 cm³/mol. The van der Waals surface area contributed by atoms with Crippen LogP contribution < -0.4 is 5.73 Å². The number of rotatable bonds is 6. The Morgan fingerprint density at radius 3 is 2.65 bits per heavy atom. The molecular weight excluding hydrogens is 256 g/mol. The highest BCUT2D eigenvalue weighted by atomic mass is 16.5. The van der Waals surface area contributed by atoms with E-state index in [0.29, 0.717) is 13.2 Å². The minimum Gasteiger partial charge on any atom is -0.379 e. The van der Waals surface area contributed by atoms with Gasteiger partial charge in [-0.05, 0) is 26.2 Å². The number of hydrogen-bond acceptors (Lipinski definition) is 4. The van der Waals surface area contributed by atoms with Crippen molar-refractivity contribution >= 4 is 5.91 Å². The standard InChI is InChI=1S/C15H26N2O3/c1-2-19-9-10-20-14-5-7-17(8-6-14)15(18)12-3-4-13(16)11-12/h3-4,12-14H,2,5-11,16H2,1H3. The zero-order valence-corrected chi connectivity index (χ0v) is 12.3. The van der Waals surface area contributed by atoms with Crippen LogP contribution in [0, 0.1) is 5.92 Å². The van der Waals surface area contributed by atoms with Crippen LogP contribution in [0.15, 0.2) is 12.2 Å². The summed E-state index contributed by atoms with van der Waals surface area (Å²) in [7, 11) is 0. The summed E-state index contributed by atoms with van der Waals surface area (Å²) in [4.78, 5) is 14.3. The normalized spacial score (nSPS) is 27.2. The first-order chi connectivity index (χ1) is 9.70. The second-order valence-corrected chi connectivity index (χ2v) is 5.48. The van der Waals surface area contributed by atoms with Crippen molar-refractivity contribution in [2.45, 2.75) is 38.3 Å². The Morgan fingerprint density at radius 1 is 1.30 bits per heavy atom. The van der Waals surface area contributed by atoms with Crippen LogP contribution >= 0.6 is 0 Å². The molecule has 1 fully saturated rings. The molecule has 2 rings (SSSR count). The van der Waals surface area contributed by atoms with Gasteiger partial charge in [0.15, 0.2) is 0 Å². The third-order valence-corrected chi connectivity index (χ3v) is 3.97. The maximum Gasteiger partial charge on any atom is 0.229 e. The first-order valence-electron chi connectivity index (χ1n) is 7.62. The van der Waals surface area contributed by atoms with Crippen molar-refractivity contribution in [2.24, 2.45) is 11.7 Å². The highest BCUT2D eigenvalue weighted by Crippen LogP contribution is 2.22. The molecule has 1 amide bonds. The zero-order valence-electron chi connectivity index (χ0n) is 12.3. The second-order valence-electron chi connectivity index (χ2n) is 5.48. The summed E-state index contributed by atoms with van der Waals surface area (Å²) in [6, 6.07) is 0.0448. The van der Waals surface area contributed by atoms with Gasteiger partial charge in [0.2, 0.25) is 5.91 Å². The molecular formula is C15H26N2O3. The molecule has 0 saturated carbocycles. The van der Waals surface area contributed by atoms with Crippen molar-refractivity contribution in [3.8, 4) is 0 Å². The number of ether oxygens (including phenoxy) is 2. The Morgan fingerprint density at radius 2 is 2.05 bits per heavy atom. The topological polar surface area (TPSA) is 64.8 Å². The molecule has 5 nitrogen and oxygen atoms in total. The maximum absolute atomic E-state index is 12.3. The Balaban J connectivity index is 1.66. The average Bonchev–Trinajstić information content (AvgIpc) is 2.90. The van der Waals surface area contributed by atoms with Crippen LogP contribution in [-0.2, 0) is 14.3 Å². The van der Waals surface area contributed by atoms with Crippen molar-refractivity contribution in [3.63, 3.8) is 0 Å². The van der Waals surface area contributed by atoms with Crippen molar-refractivity contribution in [1.82, 2.24) is 4.90 Å². The molecule has 1 saturated heterocycles. The van der Waals surface area contributed by atoms with Gasteiger partial charge in [0.25, 0.3) is 0 Å². The monoisotopic (exact) mass is 282 g/mol. The van der Waals surface area contributed by atoms with Gasteiger partial charge in [0.1, 0.15) is 0 Å². The summed E-state index contributed by atoms with van der Waals surface area (Å²) < 4.78 is 11.0. The maximum atomic E-state index is 12.3. The fourth-order valence-electron chi connectivity index (χ4n) is 2.81. The molecule has 20 heavy (non-hydrogen) atoms. The largest absolute Gasteiger partial charge is 0.379 e. The SMILES string of the molecule is CCOCCOC1CCN(C(=O)C2C=CC(N)C2)CC1. The Kier molecular flexibility index (Phi) is 6.01. The molecule has 0 bridgehead atoms. The van der Waals surface area contributed by atoms with E-state index in [-0.39, 0.29) is 24.0 Å². The second kappa shape index (κ2) is 7.76. The van der Waals surface area contributed by atoms with Gasteiger partial charge in [0, 0.05) is 25.7 Å². The predicted octanol–water partition coefficient (Wildman–Crippen LogP) is 0.934. The van der Waals surface area contributed by atoms with Gasteiger partial charge in [-0.1, -0.05) is 12.2 Å². The Bertz CT molecular complexity index is 338. The van der Waals surface area contributed by atoms with E-state index in [1.807, 2.05) is 24.0 Å². The molecule has 0 aromatic heterocycles. The molecule has 1 aliphatic carbocycles. The summed E-state index contributed by atoms with van der Waals surface area (Å²) in [5.41, 5.74) is 5.80. The molecule has 5 heteroatoms. The molecule has 2 N–H and O–H groups in total. The Hall–Kier alpha value is -0.910. The molecule has 114 valence electrons. The van der Waals surface area contributed by atoms with Crippen LogP contribution in [0.5, 0.6) is 0 Å². The van der Waals surface area contributed by atoms with E-state index in [4.69, 9.17) is 15.2 Å². The number of amides is 1. The van der Waals surface area contributed by atoms with E-state index in [2.05, 4.69) is 0 Å². The van der Waals surface area contributed by atoms with Crippen LogP contribution in [0.25, 0.3) is 0 Å². The van der Waals surface area contributed by atoms with Crippen molar-refractivity contribution in [2.75, 3.05) is 32.9 Å². The first kappa shape index (κ1) is 15.5. The van der Waals surface area contributed by atoms with E-state index >= 15 is 0 Å². The summed E-state index contributed by atoms with van der Waals surface area (Å²) in [5, 5.41) is 0. The van der Waals surface area contributed by atoms with Crippen LogP contribution in [0.4, 0.5) is 0 Å². The molecule has 1 aliphatic heterocycles. The molecule has 2 aliphatic rings. The fourth-order valence-corrected chi connectivity index (χ4v) is 2.81. The summed E-state index contributed by atoms with van der Waals surface area (Å²) in [6.07, 6.45) is 6.75. The third-order valence-electron chi connectivity index (χ3n) is 3.97. The quantitative estimate of drug-likeness (QED) is 0.581. The number of likely N-dealkylation sites (tertiary alicyclic amines) is 1. The van der Waals surface area contributed by atoms with Crippen molar-refractivity contribution in [3.05, 3.63) is 12.2 Å². The number of nitrogens with two attached hydrogens (primary N) is 1. The van der Waals surface area contributed by atoms with E-state index in [1.165, 1.54) is 0 Å². The van der Waals surface area contributed by atoms with Gasteiger partial charge in [-0.15, -0.1) is 0 Å². The van der Waals surface area contributed by atoms with E-state index in [1.54, 1.807) is 0 Å². The Labute approximate surface area is 121 Å². The molecule has 0 aromatic rings. The number of carbonyl (C=O) groups is 1. The molecule has 2 atom stereocenters. The van der Waals surface area contributed by atoms with E-state index in [0.717, 1.165) is 39.0 Å². The smallest absolute Gasteiger partial charge is 0.229 e. The van der Waals surface area contributed by atoms with Gasteiger partial charge in [-0.2, -0.15) is 0 Å². The minimum atomic E-state index is -0.0135. The van der Waals surface area contributed by atoms with Crippen molar-refractivity contribution < 1.29 is 14.3 Å². The fraction of sp³-hybridized carbons (Fsp3) is 0.800. The number of nitrogens with zero attached hydrogens (tertiary/aromatic N) is 1. The van der Waals surface area contributed by atoms with Gasteiger partial charge in [0.05, 0.1) is 25.2 Å². The number of hydrogen-bond donors (Lipinski definition) is 1. The molecule has 2 unspecified atom stereocenters. The lowest BCUT2D eigenvalue weighted by Gasteiger charge is -2.33. The summed E-state index contributed by atoms with van der Waals surface area (Å²) in [6.45, 7) is 5.59. The zero-order chi connectivity index (χ0) is 14.4. The molecule has 1 heterocycles. The average molecular weight is 282 g/mol. The van der Waals surface area contributed by atoms with Crippen molar-refractivity contribution in [1.29, 1.82) is 0 Å². The first-order valence-corrected chi connectivity index (χ1v) is 7.62. The van der Waals surface area contributed by atoms with Gasteiger partial charge in [-0.3, -0.25) is 4.79 Å². The lowest BCUT2D eigenvalue weighted by atomic mass is 10.0. The highest BCUT2D eigenvalue weighted by Gasteiger charge is 2.29. The van der Waals surface area contributed by atoms with Gasteiger partial charge in [-0.25, -0.2) is 0 Å². The van der Waals surface area contributed by atoms with E-state index in [9.17, 15) is 4.79 Å². The van der Waals surface area contributed by atoms with Gasteiger partial charge >= 0.3 is 0 Å². The molecule has 0 spiro atoms. The van der Waals surface area contributed by atoms with E-state index < -0.39 is 0 Å². The number of carbonyl (C=O) groups excluding carboxylic acids is 1. The molecule has 0 radical (unpaired) electrons. The van der Waals surface area contributed by atoms with Crippen LogP contribution in [0.1, 0.15) is 26.2 Å². The third kappa shape index (κ3) is 4.30.